The Morgan fingerprint density at radius 3 is 1.96 bits per heavy atom. The van der Waals surface area contributed by atoms with Gasteiger partial charge in [0, 0.05) is 17.1 Å². The summed E-state index contributed by atoms with van der Waals surface area (Å²) in [6, 6.07) is 17.5. The highest BCUT2D eigenvalue weighted by atomic mass is 15.0. The third-order valence-electron chi connectivity index (χ3n) is 4.99. The molecule has 0 unspecified atom stereocenters. The molecule has 0 aliphatic rings. The summed E-state index contributed by atoms with van der Waals surface area (Å²) < 4.78 is 2.33. The Balaban J connectivity index is 2.09. The molecule has 3 aromatic rings. The summed E-state index contributed by atoms with van der Waals surface area (Å²) in [7, 11) is 0. The molecule has 0 saturated heterocycles. The quantitative estimate of drug-likeness (QED) is 0.424. The number of hydrogen-bond acceptors (Lipinski definition) is 0. The van der Waals surface area contributed by atoms with Crippen LogP contribution in [-0.4, -0.2) is 4.57 Å². The number of benzene rings is 2. The fourth-order valence-corrected chi connectivity index (χ4v) is 3.53. The molecule has 0 N–H and O–H groups in total. The number of allylic oxidation sites excluding steroid dienone is 3. The fourth-order valence-electron chi connectivity index (χ4n) is 3.53. The molecule has 0 fully saturated rings. The van der Waals surface area contributed by atoms with E-state index in [-0.39, 0.29) is 0 Å². The van der Waals surface area contributed by atoms with Gasteiger partial charge in [-0.2, -0.15) is 0 Å². The summed E-state index contributed by atoms with van der Waals surface area (Å²) in [4.78, 5) is 0. The molecule has 3 rings (SSSR count). The van der Waals surface area contributed by atoms with Crippen LogP contribution in [-0.2, 0) is 0 Å². The summed E-state index contributed by atoms with van der Waals surface area (Å²) in [6.45, 7) is 12.3. The molecular formula is C26H27N. The van der Waals surface area contributed by atoms with Crippen LogP contribution in [0.4, 0.5) is 0 Å². The zero-order valence-electron chi connectivity index (χ0n) is 16.7. The topological polar surface area (TPSA) is 4.93 Å². The molecule has 27 heavy (non-hydrogen) atoms. The SMILES string of the molecule is C=C/C=C\c1c(C)c(/C=C\C)n(-c2ccc(-c3ccc(C)cc3)cc2)c1C. The van der Waals surface area contributed by atoms with Crippen LogP contribution >= 0.6 is 0 Å². The molecule has 0 amide bonds. The van der Waals surface area contributed by atoms with Gasteiger partial charge in [0.1, 0.15) is 0 Å². The van der Waals surface area contributed by atoms with Crippen molar-refractivity contribution >= 4 is 12.2 Å². The molecule has 0 radical (unpaired) electrons. The number of hydrogen-bond donors (Lipinski definition) is 0. The predicted octanol–water partition coefficient (Wildman–Crippen LogP) is 7.30. The van der Waals surface area contributed by atoms with Gasteiger partial charge >= 0.3 is 0 Å². The molecule has 0 atom stereocenters. The van der Waals surface area contributed by atoms with Gasteiger partial charge in [-0.05, 0) is 68.2 Å². The molecule has 1 nitrogen and oxygen atoms in total. The lowest BCUT2D eigenvalue weighted by molar-refractivity contribution is 0.997. The molecular weight excluding hydrogens is 326 g/mol. The lowest BCUT2D eigenvalue weighted by Gasteiger charge is -2.11. The van der Waals surface area contributed by atoms with E-state index in [1.54, 1.807) is 0 Å². The van der Waals surface area contributed by atoms with Gasteiger partial charge < -0.3 is 4.57 Å². The Labute approximate surface area is 163 Å². The molecule has 1 heterocycles. The van der Waals surface area contributed by atoms with E-state index in [0.29, 0.717) is 0 Å². The third kappa shape index (κ3) is 3.73. The fraction of sp³-hybridized carbons (Fsp3) is 0.154. The molecule has 136 valence electrons. The maximum atomic E-state index is 3.80. The minimum atomic E-state index is 1.18. The highest BCUT2D eigenvalue weighted by molar-refractivity contribution is 5.70. The summed E-state index contributed by atoms with van der Waals surface area (Å²) in [5.74, 6) is 0. The van der Waals surface area contributed by atoms with Crippen molar-refractivity contribution in [3.8, 4) is 16.8 Å². The summed E-state index contributed by atoms with van der Waals surface area (Å²) >= 11 is 0. The standard InChI is InChI=1S/C26H27N/c1-6-8-10-25-20(4)26(9-7-2)27(21(25)5)24-17-15-23(16-18-24)22-13-11-19(3)12-14-22/h6-18H,1H2,2-5H3/b9-7-,10-8-. The van der Waals surface area contributed by atoms with Crippen LogP contribution < -0.4 is 0 Å². The summed E-state index contributed by atoms with van der Waals surface area (Å²) in [5, 5.41) is 0. The van der Waals surface area contributed by atoms with Crippen molar-refractivity contribution in [2.24, 2.45) is 0 Å². The lowest BCUT2D eigenvalue weighted by atomic mass is 10.0. The van der Waals surface area contributed by atoms with Crippen molar-refractivity contribution in [3.05, 3.63) is 101 Å². The highest BCUT2D eigenvalue weighted by Gasteiger charge is 2.15. The van der Waals surface area contributed by atoms with E-state index in [0.717, 1.165) is 0 Å². The average molecular weight is 354 g/mol. The molecule has 0 spiro atoms. The smallest absolute Gasteiger partial charge is 0.0491 e. The normalized spacial score (nSPS) is 11.6. The molecule has 1 aromatic heterocycles. The van der Waals surface area contributed by atoms with E-state index in [1.807, 2.05) is 12.2 Å². The minimum absolute atomic E-state index is 1.18. The zero-order chi connectivity index (χ0) is 19.4. The first-order valence-electron chi connectivity index (χ1n) is 9.38. The number of rotatable bonds is 5. The first kappa shape index (κ1) is 18.7. The Morgan fingerprint density at radius 2 is 1.41 bits per heavy atom. The highest BCUT2D eigenvalue weighted by Crippen LogP contribution is 2.30. The Bertz CT molecular complexity index is 994. The van der Waals surface area contributed by atoms with Gasteiger partial charge in [-0.1, -0.05) is 72.8 Å². The van der Waals surface area contributed by atoms with Crippen LogP contribution in [0.3, 0.4) is 0 Å². The van der Waals surface area contributed by atoms with Gasteiger partial charge in [0.2, 0.25) is 0 Å². The summed E-state index contributed by atoms with van der Waals surface area (Å²) in [5.41, 5.74) is 9.94. The molecule has 0 saturated carbocycles. The van der Waals surface area contributed by atoms with Crippen LogP contribution in [0.25, 0.3) is 29.0 Å². The van der Waals surface area contributed by atoms with Gasteiger partial charge in [-0.15, -0.1) is 0 Å². The Kier molecular flexibility index (Phi) is 5.61. The molecule has 0 aliphatic heterocycles. The average Bonchev–Trinajstić information content (AvgIpc) is 2.91. The van der Waals surface area contributed by atoms with Crippen molar-refractivity contribution in [3.63, 3.8) is 0 Å². The number of aryl methyl sites for hydroxylation is 1. The maximum absolute atomic E-state index is 3.80. The van der Waals surface area contributed by atoms with Gasteiger partial charge in [0.25, 0.3) is 0 Å². The van der Waals surface area contributed by atoms with Gasteiger partial charge in [-0.25, -0.2) is 0 Å². The third-order valence-corrected chi connectivity index (χ3v) is 4.99. The minimum Gasteiger partial charge on any atom is -0.314 e. The van der Waals surface area contributed by atoms with E-state index in [9.17, 15) is 0 Å². The molecule has 2 aromatic carbocycles. The predicted molar refractivity (Wildman–Crippen MR) is 119 cm³/mol. The van der Waals surface area contributed by atoms with Crippen LogP contribution in [0.15, 0.2) is 73.3 Å². The van der Waals surface area contributed by atoms with E-state index in [4.69, 9.17) is 0 Å². The molecule has 0 aliphatic carbocycles. The second kappa shape index (κ2) is 8.09. The Hall–Kier alpha value is -3.06. The van der Waals surface area contributed by atoms with Crippen molar-refractivity contribution in [2.75, 3.05) is 0 Å². The monoisotopic (exact) mass is 353 g/mol. The Morgan fingerprint density at radius 1 is 0.815 bits per heavy atom. The first-order chi connectivity index (χ1) is 13.1. The largest absolute Gasteiger partial charge is 0.314 e. The molecule has 0 bridgehead atoms. The van der Waals surface area contributed by atoms with Crippen LogP contribution in [0.1, 0.15) is 35.0 Å². The lowest BCUT2D eigenvalue weighted by Crippen LogP contribution is -1.99. The van der Waals surface area contributed by atoms with Crippen LogP contribution in [0, 0.1) is 20.8 Å². The van der Waals surface area contributed by atoms with Crippen molar-refractivity contribution in [1.82, 2.24) is 4.57 Å². The van der Waals surface area contributed by atoms with E-state index < -0.39 is 0 Å². The van der Waals surface area contributed by atoms with Crippen LogP contribution in [0.2, 0.25) is 0 Å². The second-order valence-corrected chi connectivity index (χ2v) is 6.85. The van der Waals surface area contributed by atoms with Gasteiger partial charge in [0.15, 0.2) is 0 Å². The van der Waals surface area contributed by atoms with Gasteiger partial charge in [-0.3, -0.25) is 0 Å². The number of aromatic nitrogens is 1. The second-order valence-electron chi connectivity index (χ2n) is 6.85. The van der Waals surface area contributed by atoms with E-state index >= 15 is 0 Å². The van der Waals surface area contributed by atoms with Crippen LogP contribution in [0.5, 0.6) is 0 Å². The number of nitrogens with zero attached hydrogens (tertiary/aromatic N) is 1. The van der Waals surface area contributed by atoms with E-state index in [1.165, 1.54) is 44.9 Å². The zero-order valence-corrected chi connectivity index (χ0v) is 16.7. The summed E-state index contributed by atoms with van der Waals surface area (Å²) in [6.07, 6.45) is 10.2. The van der Waals surface area contributed by atoms with E-state index in [2.05, 4.69) is 106 Å². The molecule has 1 heteroatoms. The maximum Gasteiger partial charge on any atom is 0.0491 e. The van der Waals surface area contributed by atoms with Gasteiger partial charge in [0.05, 0.1) is 0 Å². The first-order valence-corrected chi connectivity index (χ1v) is 9.38. The van der Waals surface area contributed by atoms with Crippen molar-refractivity contribution in [1.29, 1.82) is 0 Å². The van der Waals surface area contributed by atoms with Crippen molar-refractivity contribution < 1.29 is 0 Å². The van der Waals surface area contributed by atoms with Crippen molar-refractivity contribution in [2.45, 2.75) is 27.7 Å².